The Kier molecular flexibility index (Phi) is 3.57. The van der Waals surface area contributed by atoms with Crippen LogP contribution in [0.4, 0.5) is 5.13 Å². The maximum absolute atomic E-state index is 12.7. The molecule has 1 aliphatic rings. The van der Waals surface area contributed by atoms with Crippen molar-refractivity contribution in [3.05, 3.63) is 44.7 Å². The minimum atomic E-state index is -0.670. The highest BCUT2D eigenvalue weighted by molar-refractivity contribution is 7.15. The fourth-order valence-corrected chi connectivity index (χ4v) is 3.84. The van der Waals surface area contributed by atoms with Crippen molar-refractivity contribution in [3.8, 4) is 5.75 Å². The van der Waals surface area contributed by atoms with Crippen molar-refractivity contribution < 1.29 is 9.90 Å². The predicted molar refractivity (Wildman–Crippen MR) is 95.5 cm³/mol. The first-order valence-electron chi connectivity index (χ1n) is 7.99. The molecule has 0 unspecified atom stereocenters. The number of aromatic hydroxyl groups is 1. The van der Waals surface area contributed by atoms with Gasteiger partial charge in [-0.05, 0) is 18.1 Å². The summed E-state index contributed by atoms with van der Waals surface area (Å²) in [5.41, 5.74) is 0.969. The van der Waals surface area contributed by atoms with Crippen LogP contribution in [-0.2, 0) is 13.0 Å². The summed E-state index contributed by atoms with van der Waals surface area (Å²) in [6.07, 6.45) is 0.714. The third-order valence-electron chi connectivity index (χ3n) is 4.33. The van der Waals surface area contributed by atoms with Crippen molar-refractivity contribution in [3.63, 3.8) is 0 Å². The highest BCUT2D eigenvalue weighted by atomic mass is 32.1. The third-order valence-corrected chi connectivity index (χ3v) is 5.47. The van der Waals surface area contributed by atoms with Gasteiger partial charge in [0.05, 0.1) is 5.52 Å². The molecule has 0 aliphatic carbocycles. The molecule has 0 saturated carbocycles. The fraction of sp³-hybridized carbons (Fsp3) is 0.294. The molecule has 2 aromatic heterocycles. The maximum atomic E-state index is 12.7. The van der Waals surface area contributed by atoms with E-state index in [1.807, 2.05) is 26.0 Å². The summed E-state index contributed by atoms with van der Waals surface area (Å²) in [6, 6.07) is 5.46. The number of hydrogen-bond acceptors (Lipinski definition) is 6. The van der Waals surface area contributed by atoms with E-state index in [0.29, 0.717) is 29.0 Å². The van der Waals surface area contributed by atoms with Gasteiger partial charge >= 0.3 is 0 Å². The summed E-state index contributed by atoms with van der Waals surface area (Å²) in [4.78, 5) is 25.3. The largest absolute Gasteiger partial charge is 0.506 e. The predicted octanol–water partition coefficient (Wildman–Crippen LogP) is 2.49. The number of carbonyl (C=O) groups is 1. The molecule has 3 aromatic rings. The number of nitrogens with one attached hydrogen (secondary N) is 1. The van der Waals surface area contributed by atoms with Gasteiger partial charge in [-0.25, -0.2) is 0 Å². The summed E-state index contributed by atoms with van der Waals surface area (Å²) < 4.78 is 1.55. The lowest BCUT2D eigenvalue weighted by molar-refractivity contribution is 0.102. The second-order valence-corrected chi connectivity index (χ2v) is 7.31. The normalized spacial score (nSPS) is 12.9. The first kappa shape index (κ1) is 15.8. The van der Waals surface area contributed by atoms with Gasteiger partial charge in [0, 0.05) is 17.8 Å². The van der Waals surface area contributed by atoms with Crippen molar-refractivity contribution in [2.75, 3.05) is 5.32 Å². The molecule has 1 aliphatic heterocycles. The van der Waals surface area contributed by atoms with Crippen LogP contribution < -0.4 is 10.9 Å². The smallest absolute Gasteiger partial charge is 0.267 e. The van der Waals surface area contributed by atoms with Gasteiger partial charge in [0.1, 0.15) is 16.3 Å². The number of anilines is 1. The van der Waals surface area contributed by atoms with E-state index in [2.05, 4.69) is 15.5 Å². The van der Waals surface area contributed by atoms with Crippen LogP contribution >= 0.6 is 11.3 Å². The highest BCUT2D eigenvalue weighted by Gasteiger charge is 2.26. The first-order chi connectivity index (χ1) is 12.0. The zero-order valence-corrected chi connectivity index (χ0v) is 14.6. The van der Waals surface area contributed by atoms with Crippen LogP contribution in [0.3, 0.4) is 0 Å². The second kappa shape index (κ2) is 5.66. The van der Waals surface area contributed by atoms with Crippen LogP contribution in [0.15, 0.2) is 23.0 Å². The standard InChI is InChI=1S/C17H16N4O3S/c1-8(2)15-19-20-17(25-15)18-14(23)11-13(22)10-5-3-4-9-6-7-21(12(9)10)16(11)24/h3-5,8,22H,6-7H2,1-2H3,(H,18,20,23). The van der Waals surface area contributed by atoms with Crippen LogP contribution in [0.5, 0.6) is 5.75 Å². The Morgan fingerprint density at radius 2 is 2.16 bits per heavy atom. The topological polar surface area (TPSA) is 97.1 Å². The number of benzene rings is 1. The van der Waals surface area contributed by atoms with Crippen LogP contribution in [-0.4, -0.2) is 25.8 Å². The number of rotatable bonds is 3. The summed E-state index contributed by atoms with van der Waals surface area (Å²) in [7, 11) is 0. The van der Waals surface area contributed by atoms with Crippen molar-refractivity contribution >= 4 is 33.3 Å². The SMILES string of the molecule is CC(C)c1nnc(NC(=O)c2c(O)c3cccc4c3n(c2=O)CC4)s1. The molecular weight excluding hydrogens is 340 g/mol. The number of hydrogen-bond donors (Lipinski definition) is 2. The molecule has 0 radical (unpaired) electrons. The monoisotopic (exact) mass is 356 g/mol. The average Bonchev–Trinajstić information content (AvgIpc) is 3.20. The molecule has 7 nitrogen and oxygen atoms in total. The molecule has 1 amide bonds. The number of carbonyl (C=O) groups excluding carboxylic acids is 1. The lowest BCUT2D eigenvalue weighted by atomic mass is 10.1. The summed E-state index contributed by atoms with van der Waals surface area (Å²) in [5, 5.41) is 22.7. The highest BCUT2D eigenvalue weighted by Crippen LogP contribution is 2.32. The third kappa shape index (κ3) is 2.41. The molecule has 0 spiro atoms. The Hall–Kier alpha value is -2.74. The van der Waals surface area contributed by atoms with Gasteiger partial charge in [-0.15, -0.1) is 10.2 Å². The Bertz CT molecular complexity index is 1070. The lowest BCUT2D eigenvalue weighted by Gasteiger charge is -2.10. The van der Waals surface area contributed by atoms with E-state index in [-0.39, 0.29) is 17.2 Å². The fourth-order valence-electron chi connectivity index (χ4n) is 3.10. The quantitative estimate of drug-likeness (QED) is 0.751. The summed E-state index contributed by atoms with van der Waals surface area (Å²) in [6.45, 7) is 4.46. The number of pyridine rings is 1. The molecular formula is C17H16N4O3S. The number of para-hydroxylation sites is 1. The number of aromatic nitrogens is 3. The van der Waals surface area contributed by atoms with Gasteiger partial charge in [-0.2, -0.15) is 0 Å². The van der Waals surface area contributed by atoms with E-state index >= 15 is 0 Å². The molecule has 8 heteroatoms. The molecule has 0 saturated heterocycles. The molecule has 3 heterocycles. The van der Waals surface area contributed by atoms with Crippen molar-refractivity contribution in [1.82, 2.24) is 14.8 Å². The van der Waals surface area contributed by atoms with Crippen molar-refractivity contribution in [2.24, 2.45) is 0 Å². The van der Waals surface area contributed by atoms with E-state index in [9.17, 15) is 14.7 Å². The molecule has 0 bridgehead atoms. The molecule has 128 valence electrons. The minimum absolute atomic E-state index is 0.196. The van der Waals surface area contributed by atoms with Gasteiger partial charge < -0.3 is 9.67 Å². The number of aryl methyl sites for hydroxylation is 2. The summed E-state index contributed by atoms with van der Waals surface area (Å²) >= 11 is 1.25. The molecule has 4 rings (SSSR count). The average molecular weight is 356 g/mol. The van der Waals surface area contributed by atoms with E-state index in [4.69, 9.17) is 0 Å². The van der Waals surface area contributed by atoms with Crippen LogP contribution in [0.1, 0.15) is 40.7 Å². The molecule has 25 heavy (non-hydrogen) atoms. The molecule has 1 aromatic carbocycles. The van der Waals surface area contributed by atoms with Gasteiger partial charge in [0.25, 0.3) is 11.5 Å². The van der Waals surface area contributed by atoms with Gasteiger partial charge in [-0.3, -0.25) is 14.9 Å². The van der Waals surface area contributed by atoms with Gasteiger partial charge in [-0.1, -0.05) is 37.3 Å². The zero-order valence-electron chi connectivity index (χ0n) is 13.7. The van der Waals surface area contributed by atoms with E-state index in [0.717, 1.165) is 10.6 Å². The van der Waals surface area contributed by atoms with Crippen LogP contribution in [0, 0.1) is 0 Å². The maximum Gasteiger partial charge on any atom is 0.267 e. The lowest BCUT2D eigenvalue weighted by Crippen LogP contribution is -2.28. The number of nitrogens with zero attached hydrogens (tertiary/aromatic N) is 3. The second-order valence-electron chi connectivity index (χ2n) is 6.30. The zero-order chi connectivity index (χ0) is 17.7. The Morgan fingerprint density at radius 3 is 2.88 bits per heavy atom. The van der Waals surface area contributed by atoms with Crippen molar-refractivity contribution in [1.29, 1.82) is 0 Å². The first-order valence-corrected chi connectivity index (χ1v) is 8.81. The van der Waals surface area contributed by atoms with Crippen LogP contribution in [0.2, 0.25) is 0 Å². The minimum Gasteiger partial charge on any atom is -0.506 e. The van der Waals surface area contributed by atoms with Gasteiger partial charge in [0.15, 0.2) is 0 Å². The Labute approximate surface area is 146 Å². The summed E-state index contributed by atoms with van der Waals surface area (Å²) in [5.74, 6) is -0.759. The Balaban J connectivity index is 1.79. The van der Waals surface area contributed by atoms with E-state index < -0.39 is 11.5 Å². The molecule has 2 N–H and O–H groups in total. The van der Waals surface area contributed by atoms with Crippen molar-refractivity contribution in [2.45, 2.75) is 32.7 Å². The Morgan fingerprint density at radius 1 is 1.36 bits per heavy atom. The number of amides is 1. The molecule has 0 atom stereocenters. The molecule has 0 fully saturated rings. The van der Waals surface area contributed by atoms with Crippen LogP contribution in [0.25, 0.3) is 10.9 Å². The van der Waals surface area contributed by atoms with E-state index in [1.54, 1.807) is 10.6 Å². The van der Waals surface area contributed by atoms with E-state index in [1.165, 1.54) is 11.3 Å². The van der Waals surface area contributed by atoms with Gasteiger partial charge in [0.2, 0.25) is 5.13 Å².